The number of hydrogen-bond donors (Lipinski definition) is 0. The van der Waals surface area contributed by atoms with Gasteiger partial charge in [0.15, 0.2) is 0 Å². The van der Waals surface area contributed by atoms with Crippen LogP contribution in [0.25, 0.3) is 5.69 Å². The average Bonchev–Trinajstić information content (AvgIpc) is 2.94. The van der Waals surface area contributed by atoms with Gasteiger partial charge < -0.3 is 0 Å². The second kappa shape index (κ2) is 8.58. The van der Waals surface area contributed by atoms with Crippen molar-refractivity contribution < 1.29 is 21.6 Å². The van der Waals surface area contributed by atoms with E-state index < -0.39 is 20.3 Å². The summed E-state index contributed by atoms with van der Waals surface area (Å²) < 4.78 is 57.3. The molecule has 0 amide bonds. The number of aromatic nitrogens is 3. The first-order valence-corrected chi connectivity index (χ1v) is 10.6. The third kappa shape index (κ3) is 7.13. The van der Waals surface area contributed by atoms with Crippen molar-refractivity contribution in [2.24, 2.45) is 0 Å². The SMILES string of the molecule is CC(C)c1ccc(-n2cnc(C(F)(F)F)n2)c(C(C)C)c1.O=S(=O)(Cl)Cl. The Kier molecular flexibility index (Phi) is 7.50. The van der Waals surface area contributed by atoms with Crippen LogP contribution in [0.1, 0.15) is 56.5 Å². The summed E-state index contributed by atoms with van der Waals surface area (Å²) in [4.78, 5) is 3.35. The van der Waals surface area contributed by atoms with Gasteiger partial charge in [-0.25, -0.2) is 9.67 Å². The molecule has 0 saturated heterocycles. The van der Waals surface area contributed by atoms with Crippen LogP contribution < -0.4 is 0 Å². The van der Waals surface area contributed by atoms with Crippen molar-refractivity contribution in [2.45, 2.75) is 45.7 Å². The van der Waals surface area contributed by atoms with Crippen molar-refractivity contribution in [3.05, 3.63) is 41.5 Å². The standard InChI is InChI=1S/C15H18F3N3.Cl2O2S/c1-9(2)11-5-6-13(12(7-11)10(3)4)21-8-19-14(20-21)15(16,17)18;1-5(2,3)4/h5-10H,1-4H3;. The van der Waals surface area contributed by atoms with Crippen LogP contribution in [-0.2, 0) is 14.4 Å². The van der Waals surface area contributed by atoms with Crippen LogP contribution >= 0.6 is 21.4 Å². The van der Waals surface area contributed by atoms with Gasteiger partial charge in [0.05, 0.1) is 5.69 Å². The molecule has 0 aliphatic rings. The predicted molar refractivity (Wildman–Crippen MR) is 95.2 cm³/mol. The lowest BCUT2D eigenvalue weighted by Crippen LogP contribution is -2.09. The van der Waals surface area contributed by atoms with Crippen molar-refractivity contribution in [3.8, 4) is 5.69 Å². The smallest absolute Gasteiger partial charge is 0.220 e. The molecule has 2 aromatic rings. The Balaban J connectivity index is 0.000000597. The van der Waals surface area contributed by atoms with Crippen LogP contribution in [0.4, 0.5) is 13.2 Å². The molecule has 11 heteroatoms. The Hall–Kier alpha value is -1.32. The van der Waals surface area contributed by atoms with E-state index in [-0.39, 0.29) is 5.92 Å². The quantitative estimate of drug-likeness (QED) is 0.623. The first kappa shape index (κ1) is 22.7. The Morgan fingerprint density at radius 3 is 2.00 bits per heavy atom. The molecule has 0 aliphatic carbocycles. The summed E-state index contributed by atoms with van der Waals surface area (Å²) in [5.74, 6) is -0.583. The summed E-state index contributed by atoms with van der Waals surface area (Å²) in [5, 5.41) is 3.55. The molecule has 0 spiro atoms. The normalized spacial score (nSPS) is 12.3. The summed E-state index contributed by atoms with van der Waals surface area (Å²) in [6.45, 7) is 8.17. The van der Waals surface area contributed by atoms with Crippen LogP contribution in [0.5, 0.6) is 0 Å². The van der Waals surface area contributed by atoms with E-state index in [4.69, 9.17) is 8.42 Å². The van der Waals surface area contributed by atoms with Crippen LogP contribution in [0.2, 0.25) is 0 Å². The average molecular weight is 432 g/mol. The topological polar surface area (TPSA) is 64.8 Å². The number of rotatable bonds is 3. The number of hydrogen-bond acceptors (Lipinski definition) is 4. The fourth-order valence-corrected chi connectivity index (χ4v) is 2.11. The fourth-order valence-electron chi connectivity index (χ4n) is 2.11. The summed E-state index contributed by atoms with van der Waals surface area (Å²) in [6.07, 6.45) is -3.42. The van der Waals surface area contributed by atoms with Crippen molar-refractivity contribution in [1.29, 1.82) is 0 Å². The minimum Gasteiger partial charge on any atom is -0.220 e. The summed E-state index contributed by atoms with van der Waals surface area (Å²) in [7, 11) is 4.81. The zero-order valence-corrected chi connectivity index (χ0v) is 16.7. The second-order valence-corrected chi connectivity index (χ2v) is 9.68. The molecule has 0 N–H and O–H groups in total. The first-order valence-electron chi connectivity index (χ1n) is 7.47. The van der Waals surface area contributed by atoms with Gasteiger partial charge in [0, 0.05) is 21.4 Å². The van der Waals surface area contributed by atoms with Gasteiger partial charge in [-0.3, -0.25) is 0 Å². The van der Waals surface area contributed by atoms with Gasteiger partial charge in [0.25, 0.3) is 5.82 Å². The summed E-state index contributed by atoms with van der Waals surface area (Å²) >= 11 is 0. The van der Waals surface area contributed by atoms with Crippen molar-refractivity contribution >= 4 is 29.6 Å². The van der Waals surface area contributed by atoms with Gasteiger partial charge >= 0.3 is 14.4 Å². The molecule has 0 atom stereocenters. The molecule has 0 aliphatic heterocycles. The molecular weight excluding hydrogens is 414 g/mol. The first-order chi connectivity index (χ1) is 11.7. The molecule has 5 nitrogen and oxygen atoms in total. The van der Waals surface area contributed by atoms with Crippen LogP contribution in [-0.4, -0.2) is 23.2 Å². The number of halogens is 5. The van der Waals surface area contributed by atoms with E-state index in [0.717, 1.165) is 17.5 Å². The van der Waals surface area contributed by atoms with Gasteiger partial charge in [0.1, 0.15) is 6.33 Å². The Morgan fingerprint density at radius 2 is 1.62 bits per heavy atom. The van der Waals surface area contributed by atoms with Crippen molar-refractivity contribution in [1.82, 2.24) is 14.8 Å². The molecule has 1 heterocycles. The van der Waals surface area contributed by atoms with Gasteiger partial charge in [-0.1, -0.05) is 39.8 Å². The zero-order valence-electron chi connectivity index (χ0n) is 14.4. The van der Waals surface area contributed by atoms with E-state index >= 15 is 0 Å². The van der Waals surface area contributed by atoms with Gasteiger partial charge in [-0.2, -0.15) is 21.6 Å². The minimum atomic E-state index is -4.53. The third-order valence-corrected chi connectivity index (χ3v) is 3.33. The van der Waals surface area contributed by atoms with E-state index in [9.17, 15) is 13.2 Å². The fraction of sp³-hybridized carbons (Fsp3) is 0.467. The van der Waals surface area contributed by atoms with E-state index in [1.165, 1.54) is 4.68 Å². The molecule has 0 unspecified atom stereocenters. The Morgan fingerprint density at radius 1 is 1.08 bits per heavy atom. The Labute approximate surface area is 159 Å². The predicted octanol–water partition coefficient (Wildman–Crippen LogP) is 5.24. The highest BCUT2D eigenvalue weighted by Gasteiger charge is 2.36. The molecule has 0 bridgehead atoms. The molecule has 146 valence electrons. The zero-order chi connectivity index (χ0) is 20.3. The monoisotopic (exact) mass is 431 g/mol. The molecule has 0 saturated carbocycles. The van der Waals surface area contributed by atoms with E-state index in [1.54, 1.807) is 6.07 Å². The molecular formula is C15H18Cl2F3N3O2S. The summed E-state index contributed by atoms with van der Waals surface area (Å²) in [6, 6.07) is 5.75. The lowest BCUT2D eigenvalue weighted by Gasteiger charge is -2.16. The number of alkyl halides is 3. The highest BCUT2D eigenvalue weighted by Crippen LogP contribution is 2.29. The molecule has 2 rings (SSSR count). The van der Waals surface area contributed by atoms with Gasteiger partial charge in [0.2, 0.25) is 0 Å². The molecule has 0 fully saturated rings. The molecule has 26 heavy (non-hydrogen) atoms. The molecule has 0 radical (unpaired) electrons. The highest BCUT2D eigenvalue weighted by molar-refractivity contribution is 8.31. The maximum atomic E-state index is 12.6. The maximum Gasteiger partial charge on any atom is 0.453 e. The van der Waals surface area contributed by atoms with Crippen molar-refractivity contribution in [2.75, 3.05) is 0 Å². The van der Waals surface area contributed by atoms with E-state index in [1.807, 2.05) is 26.0 Å². The Bertz CT molecular complexity index is 842. The maximum absolute atomic E-state index is 12.6. The van der Waals surface area contributed by atoms with Crippen molar-refractivity contribution in [3.63, 3.8) is 0 Å². The highest BCUT2D eigenvalue weighted by atomic mass is 36.0. The van der Waals surface area contributed by atoms with E-state index in [0.29, 0.717) is 11.6 Å². The minimum absolute atomic E-state index is 0.178. The largest absolute Gasteiger partial charge is 0.453 e. The van der Waals surface area contributed by atoms with Crippen LogP contribution in [0, 0.1) is 0 Å². The lowest BCUT2D eigenvalue weighted by molar-refractivity contribution is -0.144. The van der Waals surface area contributed by atoms with Gasteiger partial charge in [-0.05, 0) is 29.0 Å². The third-order valence-electron chi connectivity index (χ3n) is 3.33. The van der Waals surface area contributed by atoms with Crippen LogP contribution in [0.15, 0.2) is 24.5 Å². The number of nitrogens with zero attached hydrogens (tertiary/aromatic N) is 3. The molecule has 1 aromatic carbocycles. The second-order valence-electron chi connectivity index (χ2n) is 6.02. The molecule has 1 aromatic heterocycles. The lowest BCUT2D eigenvalue weighted by atomic mass is 9.94. The van der Waals surface area contributed by atoms with Gasteiger partial charge in [-0.15, -0.1) is 5.10 Å². The van der Waals surface area contributed by atoms with Crippen LogP contribution in [0.3, 0.4) is 0 Å². The number of benzene rings is 1. The summed E-state index contributed by atoms with van der Waals surface area (Å²) in [5.41, 5.74) is 2.75. The van der Waals surface area contributed by atoms with E-state index in [2.05, 4.69) is 45.3 Å².